The van der Waals surface area contributed by atoms with Gasteiger partial charge >= 0.3 is 0 Å². The molecule has 2 aromatic carbocycles. The van der Waals surface area contributed by atoms with E-state index in [0.29, 0.717) is 12.1 Å². The van der Waals surface area contributed by atoms with Gasteiger partial charge in [0.25, 0.3) is 0 Å². The summed E-state index contributed by atoms with van der Waals surface area (Å²) in [5.74, 6) is 0.0130. The molecule has 0 aliphatic rings. The Bertz CT molecular complexity index is 767. The Kier molecular flexibility index (Phi) is 4.43. The minimum atomic E-state index is -0.352. The molecule has 1 unspecified atom stereocenters. The minimum absolute atomic E-state index is 0.115. The van der Waals surface area contributed by atoms with Crippen molar-refractivity contribution < 1.29 is 9.90 Å². The Labute approximate surface area is 135 Å². The lowest BCUT2D eigenvalue weighted by Gasteiger charge is -2.19. The number of anilines is 1. The number of carbonyl (C=O) groups is 1. The molecule has 0 spiro atoms. The van der Waals surface area contributed by atoms with Gasteiger partial charge in [-0.2, -0.15) is 0 Å². The topological polar surface area (TPSA) is 54.3 Å². The van der Waals surface area contributed by atoms with Crippen LogP contribution in [-0.4, -0.2) is 15.6 Å². The molecule has 0 aliphatic heterocycles. The third-order valence-corrected chi connectivity index (χ3v) is 3.68. The molecule has 4 heteroatoms. The first kappa shape index (κ1) is 14.9. The third-order valence-electron chi connectivity index (χ3n) is 3.68. The van der Waals surface area contributed by atoms with Gasteiger partial charge in [-0.1, -0.05) is 36.4 Å². The van der Waals surface area contributed by atoms with Crippen LogP contribution in [0, 0.1) is 0 Å². The molecule has 3 aromatic rings. The second-order valence-corrected chi connectivity index (χ2v) is 5.38. The molecule has 0 fully saturated rings. The highest BCUT2D eigenvalue weighted by Gasteiger charge is 2.20. The number of nitrogens with zero attached hydrogens (tertiary/aromatic N) is 1. The van der Waals surface area contributed by atoms with Gasteiger partial charge in [0.05, 0.1) is 0 Å². The fraction of sp³-hybridized carbons (Fsp3) is 0.105. The van der Waals surface area contributed by atoms with E-state index in [4.69, 9.17) is 0 Å². The summed E-state index contributed by atoms with van der Waals surface area (Å²) in [4.78, 5) is 12.7. The highest BCUT2D eigenvalue weighted by atomic mass is 16.3. The van der Waals surface area contributed by atoms with Crippen molar-refractivity contribution in [2.75, 3.05) is 5.32 Å². The fourth-order valence-corrected chi connectivity index (χ4v) is 2.54. The van der Waals surface area contributed by atoms with Gasteiger partial charge in [0.15, 0.2) is 0 Å². The van der Waals surface area contributed by atoms with Crippen LogP contribution in [0.25, 0.3) is 0 Å². The van der Waals surface area contributed by atoms with Crippen molar-refractivity contribution >= 4 is 11.6 Å². The lowest BCUT2D eigenvalue weighted by Crippen LogP contribution is -2.27. The molecule has 1 amide bonds. The Hall–Kier alpha value is -3.01. The van der Waals surface area contributed by atoms with Gasteiger partial charge in [-0.3, -0.25) is 4.79 Å². The molecule has 0 saturated carbocycles. The van der Waals surface area contributed by atoms with E-state index in [1.165, 1.54) is 6.07 Å². The summed E-state index contributed by atoms with van der Waals surface area (Å²) in [5, 5.41) is 12.4. The number of phenolic OH excluding ortho intramolecular Hbond substituents is 1. The summed E-state index contributed by atoms with van der Waals surface area (Å²) in [6.07, 6.45) is 4.37. The molecule has 0 aliphatic carbocycles. The summed E-state index contributed by atoms with van der Waals surface area (Å²) in [6.45, 7) is 0. The van der Waals surface area contributed by atoms with E-state index in [1.54, 1.807) is 18.2 Å². The zero-order valence-electron chi connectivity index (χ0n) is 12.6. The maximum absolute atomic E-state index is 12.7. The van der Waals surface area contributed by atoms with Crippen molar-refractivity contribution in [1.29, 1.82) is 0 Å². The largest absolute Gasteiger partial charge is 0.508 e. The smallest absolute Gasteiger partial charge is 0.247 e. The molecular formula is C19H18N2O2. The summed E-state index contributed by atoms with van der Waals surface area (Å²) >= 11 is 0. The van der Waals surface area contributed by atoms with Gasteiger partial charge < -0.3 is 15.0 Å². The molecule has 2 N–H and O–H groups in total. The Morgan fingerprint density at radius 2 is 1.74 bits per heavy atom. The highest BCUT2D eigenvalue weighted by Crippen LogP contribution is 2.20. The zero-order chi connectivity index (χ0) is 16.1. The maximum Gasteiger partial charge on any atom is 0.247 e. The molecule has 1 atom stereocenters. The number of amides is 1. The lowest BCUT2D eigenvalue weighted by molar-refractivity contribution is -0.119. The molecule has 0 radical (unpaired) electrons. The van der Waals surface area contributed by atoms with Crippen molar-refractivity contribution in [2.45, 2.75) is 12.5 Å². The van der Waals surface area contributed by atoms with Crippen LogP contribution in [0.2, 0.25) is 0 Å². The van der Waals surface area contributed by atoms with Crippen LogP contribution in [-0.2, 0) is 11.2 Å². The third kappa shape index (κ3) is 3.80. The van der Waals surface area contributed by atoms with Crippen LogP contribution >= 0.6 is 0 Å². The van der Waals surface area contributed by atoms with Crippen LogP contribution in [0.5, 0.6) is 5.75 Å². The average Bonchev–Trinajstić information content (AvgIpc) is 3.07. The minimum Gasteiger partial charge on any atom is -0.508 e. The molecule has 1 heterocycles. The van der Waals surface area contributed by atoms with Crippen molar-refractivity contribution in [1.82, 2.24) is 4.57 Å². The van der Waals surface area contributed by atoms with E-state index in [1.807, 2.05) is 59.4 Å². The molecule has 23 heavy (non-hydrogen) atoms. The molecule has 3 rings (SSSR count). The predicted octanol–water partition coefficient (Wildman–Crippen LogP) is 3.62. The summed E-state index contributed by atoms with van der Waals surface area (Å²) in [7, 11) is 0. The van der Waals surface area contributed by atoms with Gasteiger partial charge in [0.2, 0.25) is 5.91 Å². The number of rotatable bonds is 5. The number of phenols is 1. The van der Waals surface area contributed by atoms with Gasteiger partial charge in [0, 0.05) is 30.6 Å². The maximum atomic E-state index is 12.7. The first-order chi connectivity index (χ1) is 11.2. The quantitative estimate of drug-likeness (QED) is 0.756. The van der Waals surface area contributed by atoms with Gasteiger partial charge in [-0.05, 0) is 29.8 Å². The number of hydrogen-bond acceptors (Lipinski definition) is 2. The number of benzene rings is 2. The predicted molar refractivity (Wildman–Crippen MR) is 90.4 cm³/mol. The van der Waals surface area contributed by atoms with Crippen LogP contribution in [0.3, 0.4) is 0 Å². The highest BCUT2D eigenvalue weighted by molar-refractivity contribution is 5.94. The number of hydrogen-bond donors (Lipinski definition) is 2. The Morgan fingerprint density at radius 3 is 2.43 bits per heavy atom. The van der Waals surface area contributed by atoms with E-state index in [0.717, 1.165) is 5.56 Å². The zero-order valence-corrected chi connectivity index (χ0v) is 12.6. The average molecular weight is 306 g/mol. The fourth-order valence-electron chi connectivity index (χ4n) is 2.54. The van der Waals surface area contributed by atoms with Crippen molar-refractivity contribution in [3.8, 4) is 5.75 Å². The molecule has 4 nitrogen and oxygen atoms in total. The SMILES string of the molecule is O=C(Nc1cccc(O)c1)C(Cc1ccccc1)n1cccc1. The van der Waals surface area contributed by atoms with Crippen LogP contribution in [0.1, 0.15) is 11.6 Å². The summed E-state index contributed by atoms with van der Waals surface area (Å²) in [6, 6.07) is 19.9. The number of carbonyl (C=O) groups excluding carboxylic acids is 1. The van der Waals surface area contributed by atoms with E-state index in [9.17, 15) is 9.90 Å². The van der Waals surface area contributed by atoms with E-state index >= 15 is 0 Å². The van der Waals surface area contributed by atoms with Crippen molar-refractivity contribution in [2.24, 2.45) is 0 Å². The van der Waals surface area contributed by atoms with Gasteiger partial charge in [-0.15, -0.1) is 0 Å². The van der Waals surface area contributed by atoms with E-state index < -0.39 is 0 Å². The molecule has 0 bridgehead atoms. The molecule has 116 valence electrons. The van der Waals surface area contributed by atoms with Crippen LogP contribution in [0.4, 0.5) is 5.69 Å². The monoisotopic (exact) mass is 306 g/mol. The van der Waals surface area contributed by atoms with E-state index in [-0.39, 0.29) is 17.7 Å². The summed E-state index contributed by atoms with van der Waals surface area (Å²) in [5.41, 5.74) is 1.68. The lowest BCUT2D eigenvalue weighted by atomic mass is 10.0. The first-order valence-corrected chi connectivity index (χ1v) is 7.48. The Balaban J connectivity index is 1.82. The number of aromatic nitrogens is 1. The number of aromatic hydroxyl groups is 1. The van der Waals surface area contributed by atoms with Crippen LogP contribution < -0.4 is 5.32 Å². The second-order valence-electron chi connectivity index (χ2n) is 5.38. The molecule has 1 aromatic heterocycles. The van der Waals surface area contributed by atoms with Crippen molar-refractivity contribution in [3.05, 3.63) is 84.7 Å². The Morgan fingerprint density at radius 1 is 1.00 bits per heavy atom. The number of nitrogens with one attached hydrogen (secondary N) is 1. The van der Waals surface area contributed by atoms with Crippen LogP contribution in [0.15, 0.2) is 79.1 Å². The first-order valence-electron chi connectivity index (χ1n) is 7.48. The van der Waals surface area contributed by atoms with Gasteiger partial charge in [0.1, 0.15) is 11.8 Å². The standard InChI is InChI=1S/C19H18N2O2/c22-17-10-6-9-16(14-17)20-19(23)18(21-11-4-5-12-21)13-15-7-2-1-3-8-15/h1-12,14,18,22H,13H2,(H,20,23). The summed E-state index contributed by atoms with van der Waals surface area (Å²) < 4.78 is 1.89. The van der Waals surface area contributed by atoms with Gasteiger partial charge in [-0.25, -0.2) is 0 Å². The van der Waals surface area contributed by atoms with Crippen molar-refractivity contribution in [3.63, 3.8) is 0 Å². The molecular weight excluding hydrogens is 288 g/mol. The normalized spacial score (nSPS) is 11.8. The van der Waals surface area contributed by atoms with E-state index in [2.05, 4.69) is 5.32 Å². The molecule has 0 saturated heterocycles. The second kappa shape index (κ2) is 6.83.